The monoisotopic (exact) mass is 214 g/mol. The molecule has 0 unspecified atom stereocenters. The lowest BCUT2D eigenvalue weighted by Crippen LogP contribution is -1.81. The molecule has 0 radical (unpaired) electrons. The minimum atomic E-state index is 0.454. The second-order valence-electron chi connectivity index (χ2n) is 3.06. The molecular formula is C12H7ClN2. The second-order valence-corrected chi connectivity index (χ2v) is 3.45. The molecule has 1 heterocycles. The Bertz CT molecular complexity index is 529. The third-order valence-electron chi connectivity index (χ3n) is 2.05. The summed E-state index contributed by atoms with van der Waals surface area (Å²) >= 11 is 5.79. The van der Waals surface area contributed by atoms with Crippen molar-refractivity contribution in [3.8, 4) is 17.2 Å². The van der Waals surface area contributed by atoms with E-state index in [1.54, 1.807) is 18.3 Å². The fraction of sp³-hybridized carbons (Fsp3) is 0. The SMILES string of the molecule is N#Cc1cccc(-c2ccnc(Cl)c2)c1. The summed E-state index contributed by atoms with van der Waals surface area (Å²) in [4.78, 5) is 3.91. The van der Waals surface area contributed by atoms with Gasteiger partial charge in [0.25, 0.3) is 0 Å². The Hall–Kier alpha value is -1.85. The molecule has 72 valence electrons. The number of hydrogen-bond donors (Lipinski definition) is 0. The summed E-state index contributed by atoms with van der Waals surface area (Å²) in [6.45, 7) is 0. The van der Waals surface area contributed by atoms with Crippen LogP contribution < -0.4 is 0 Å². The van der Waals surface area contributed by atoms with Crippen molar-refractivity contribution in [3.05, 3.63) is 53.3 Å². The maximum atomic E-state index is 8.78. The van der Waals surface area contributed by atoms with Gasteiger partial charge in [0, 0.05) is 6.20 Å². The van der Waals surface area contributed by atoms with Crippen LogP contribution in [-0.2, 0) is 0 Å². The molecule has 0 N–H and O–H groups in total. The topological polar surface area (TPSA) is 36.7 Å². The highest BCUT2D eigenvalue weighted by Crippen LogP contribution is 2.21. The molecule has 1 aromatic carbocycles. The fourth-order valence-electron chi connectivity index (χ4n) is 1.35. The lowest BCUT2D eigenvalue weighted by Gasteiger charge is -2.01. The fourth-order valence-corrected chi connectivity index (χ4v) is 1.52. The van der Waals surface area contributed by atoms with Gasteiger partial charge in [0.05, 0.1) is 11.6 Å². The van der Waals surface area contributed by atoms with Crippen LogP contribution in [0.4, 0.5) is 0 Å². The molecule has 0 saturated carbocycles. The van der Waals surface area contributed by atoms with Crippen LogP contribution in [0.25, 0.3) is 11.1 Å². The standard InChI is InChI=1S/C12H7ClN2/c13-12-7-11(4-5-15-12)10-3-1-2-9(6-10)8-14/h1-7H. The molecule has 0 bridgehead atoms. The van der Waals surface area contributed by atoms with E-state index in [0.717, 1.165) is 11.1 Å². The number of halogens is 1. The van der Waals surface area contributed by atoms with Gasteiger partial charge in [-0.05, 0) is 35.4 Å². The molecule has 0 saturated heterocycles. The molecule has 0 atom stereocenters. The first-order valence-electron chi connectivity index (χ1n) is 4.42. The number of hydrogen-bond acceptors (Lipinski definition) is 2. The van der Waals surface area contributed by atoms with Crippen LogP contribution in [0.2, 0.25) is 5.15 Å². The first-order valence-corrected chi connectivity index (χ1v) is 4.79. The summed E-state index contributed by atoms with van der Waals surface area (Å²) in [5.74, 6) is 0. The highest BCUT2D eigenvalue weighted by Gasteiger charge is 1.99. The van der Waals surface area contributed by atoms with Crippen molar-refractivity contribution in [1.82, 2.24) is 4.98 Å². The number of nitrogens with zero attached hydrogens (tertiary/aromatic N) is 2. The van der Waals surface area contributed by atoms with Gasteiger partial charge < -0.3 is 0 Å². The van der Waals surface area contributed by atoms with Gasteiger partial charge in [-0.3, -0.25) is 0 Å². The average Bonchev–Trinajstić information content (AvgIpc) is 2.29. The van der Waals surface area contributed by atoms with Crippen LogP contribution in [0.5, 0.6) is 0 Å². The van der Waals surface area contributed by atoms with Crippen molar-refractivity contribution in [1.29, 1.82) is 5.26 Å². The molecule has 0 fully saturated rings. The molecule has 2 rings (SSSR count). The molecule has 2 aromatic rings. The van der Waals surface area contributed by atoms with Gasteiger partial charge in [0.15, 0.2) is 0 Å². The molecule has 15 heavy (non-hydrogen) atoms. The van der Waals surface area contributed by atoms with Crippen molar-refractivity contribution in [2.45, 2.75) is 0 Å². The molecule has 0 aliphatic rings. The Balaban J connectivity index is 2.50. The molecule has 0 amide bonds. The summed E-state index contributed by atoms with van der Waals surface area (Å²) in [7, 11) is 0. The number of benzene rings is 1. The van der Waals surface area contributed by atoms with Gasteiger partial charge in [0.1, 0.15) is 5.15 Å². The van der Waals surface area contributed by atoms with Crippen LogP contribution in [0, 0.1) is 11.3 Å². The van der Waals surface area contributed by atoms with Gasteiger partial charge in [-0.1, -0.05) is 23.7 Å². The number of pyridine rings is 1. The Morgan fingerprint density at radius 2 is 1.93 bits per heavy atom. The van der Waals surface area contributed by atoms with E-state index < -0.39 is 0 Å². The van der Waals surface area contributed by atoms with Crippen molar-refractivity contribution >= 4 is 11.6 Å². The maximum absolute atomic E-state index is 8.78. The minimum absolute atomic E-state index is 0.454. The first-order chi connectivity index (χ1) is 7.29. The van der Waals surface area contributed by atoms with E-state index >= 15 is 0 Å². The summed E-state index contributed by atoms with van der Waals surface area (Å²) < 4.78 is 0. The zero-order valence-corrected chi connectivity index (χ0v) is 8.57. The summed E-state index contributed by atoms with van der Waals surface area (Å²) in [6, 6.07) is 13.1. The van der Waals surface area contributed by atoms with E-state index in [1.165, 1.54) is 0 Å². The number of nitriles is 1. The Labute approximate surface area is 92.8 Å². The quantitative estimate of drug-likeness (QED) is 0.683. The van der Waals surface area contributed by atoms with Crippen LogP contribution >= 0.6 is 11.6 Å². The van der Waals surface area contributed by atoms with Gasteiger partial charge in [-0.15, -0.1) is 0 Å². The first kappa shape index (κ1) is 9.70. The predicted octanol–water partition coefficient (Wildman–Crippen LogP) is 3.27. The van der Waals surface area contributed by atoms with Gasteiger partial charge in [-0.2, -0.15) is 5.26 Å². The predicted molar refractivity (Wildman–Crippen MR) is 59.4 cm³/mol. The van der Waals surface area contributed by atoms with Gasteiger partial charge in [0.2, 0.25) is 0 Å². The zero-order valence-electron chi connectivity index (χ0n) is 7.81. The smallest absolute Gasteiger partial charge is 0.129 e. The molecule has 3 heteroatoms. The highest BCUT2D eigenvalue weighted by atomic mass is 35.5. The Morgan fingerprint density at radius 3 is 2.67 bits per heavy atom. The van der Waals surface area contributed by atoms with Crippen LogP contribution in [-0.4, -0.2) is 4.98 Å². The minimum Gasteiger partial charge on any atom is -0.245 e. The summed E-state index contributed by atoms with van der Waals surface area (Å²) in [5, 5.41) is 9.23. The molecule has 0 aliphatic carbocycles. The van der Waals surface area contributed by atoms with E-state index in [2.05, 4.69) is 11.1 Å². The largest absolute Gasteiger partial charge is 0.245 e. The lowest BCUT2D eigenvalue weighted by atomic mass is 10.1. The van der Waals surface area contributed by atoms with Crippen molar-refractivity contribution < 1.29 is 0 Å². The Kier molecular flexibility index (Phi) is 2.66. The van der Waals surface area contributed by atoms with Crippen molar-refractivity contribution in [2.24, 2.45) is 0 Å². The lowest BCUT2D eigenvalue weighted by molar-refractivity contribution is 1.33. The normalized spacial score (nSPS) is 9.60. The van der Waals surface area contributed by atoms with Gasteiger partial charge >= 0.3 is 0 Å². The summed E-state index contributed by atoms with van der Waals surface area (Å²) in [5.41, 5.74) is 2.57. The third kappa shape index (κ3) is 2.15. The van der Waals surface area contributed by atoms with Crippen LogP contribution in [0.3, 0.4) is 0 Å². The molecule has 2 nitrogen and oxygen atoms in total. The summed E-state index contributed by atoms with van der Waals surface area (Å²) in [6.07, 6.45) is 1.65. The van der Waals surface area contributed by atoms with Crippen molar-refractivity contribution in [3.63, 3.8) is 0 Å². The molecular weight excluding hydrogens is 208 g/mol. The maximum Gasteiger partial charge on any atom is 0.129 e. The molecule has 0 aliphatic heterocycles. The molecule has 1 aromatic heterocycles. The highest BCUT2D eigenvalue weighted by molar-refractivity contribution is 6.29. The van der Waals surface area contributed by atoms with E-state index in [1.807, 2.05) is 24.3 Å². The zero-order chi connectivity index (χ0) is 10.7. The van der Waals surface area contributed by atoms with E-state index in [4.69, 9.17) is 16.9 Å². The van der Waals surface area contributed by atoms with Gasteiger partial charge in [-0.25, -0.2) is 4.98 Å². The molecule has 0 spiro atoms. The number of rotatable bonds is 1. The second kappa shape index (κ2) is 4.12. The third-order valence-corrected chi connectivity index (χ3v) is 2.26. The van der Waals surface area contributed by atoms with E-state index in [0.29, 0.717) is 10.7 Å². The van der Waals surface area contributed by atoms with E-state index in [9.17, 15) is 0 Å². The van der Waals surface area contributed by atoms with Crippen LogP contribution in [0.15, 0.2) is 42.6 Å². The van der Waals surface area contributed by atoms with Crippen LogP contribution in [0.1, 0.15) is 5.56 Å². The average molecular weight is 215 g/mol. The van der Waals surface area contributed by atoms with Crippen molar-refractivity contribution in [2.75, 3.05) is 0 Å². The Morgan fingerprint density at radius 1 is 1.13 bits per heavy atom. The number of aromatic nitrogens is 1. The van der Waals surface area contributed by atoms with E-state index in [-0.39, 0.29) is 0 Å².